The molecule has 3 aromatic rings. The molecule has 1 amide bonds. The number of anilines is 1. The highest BCUT2D eigenvalue weighted by Crippen LogP contribution is 2.38. The van der Waals surface area contributed by atoms with Gasteiger partial charge >= 0.3 is 11.9 Å². The molecular formula is C28H23BrN2O7. The zero-order chi connectivity index (χ0) is 27.7. The van der Waals surface area contributed by atoms with Crippen molar-refractivity contribution in [2.45, 2.75) is 6.92 Å². The van der Waals surface area contributed by atoms with Gasteiger partial charge in [-0.05, 0) is 95.2 Å². The third-order valence-corrected chi connectivity index (χ3v) is 5.69. The molecule has 0 heterocycles. The zero-order valence-corrected chi connectivity index (χ0v) is 22.3. The normalized spacial score (nSPS) is 10.7. The molecule has 0 aliphatic heterocycles. The van der Waals surface area contributed by atoms with Crippen molar-refractivity contribution in [1.82, 2.24) is 0 Å². The second-order valence-corrected chi connectivity index (χ2v) is 8.43. The number of rotatable bonds is 9. The number of amides is 1. The van der Waals surface area contributed by atoms with Gasteiger partial charge in [0.15, 0.2) is 11.5 Å². The van der Waals surface area contributed by atoms with Crippen LogP contribution in [0.2, 0.25) is 0 Å². The first-order chi connectivity index (χ1) is 18.3. The Morgan fingerprint density at radius 1 is 0.947 bits per heavy atom. The first-order valence-electron chi connectivity index (χ1n) is 11.2. The number of hydrogen-bond acceptors (Lipinski definition) is 8. The SMILES string of the molecule is CCOC(=O)c1ccc(NC(=O)/C(C#N)=C/c2cc(Br)c(OC(=O)c3ccc(OC)cc3)c(OC)c2)cc1. The third kappa shape index (κ3) is 6.99. The summed E-state index contributed by atoms with van der Waals surface area (Å²) in [4.78, 5) is 37.1. The molecule has 0 radical (unpaired) electrons. The minimum atomic E-state index is -0.651. The summed E-state index contributed by atoms with van der Waals surface area (Å²) in [6.07, 6.45) is 1.37. The highest BCUT2D eigenvalue weighted by atomic mass is 79.9. The number of nitrogens with one attached hydrogen (secondary N) is 1. The van der Waals surface area contributed by atoms with E-state index in [1.807, 2.05) is 6.07 Å². The number of carbonyl (C=O) groups is 3. The van der Waals surface area contributed by atoms with E-state index in [9.17, 15) is 19.6 Å². The molecule has 0 aromatic heterocycles. The van der Waals surface area contributed by atoms with Gasteiger partial charge in [0, 0.05) is 5.69 Å². The molecule has 10 heteroatoms. The maximum Gasteiger partial charge on any atom is 0.343 e. The molecule has 0 unspecified atom stereocenters. The summed E-state index contributed by atoms with van der Waals surface area (Å²) < 4.78 is 21.3. The van der Waals surface area contributed by atoms with Crippen molar-refractivity contribution < 1.29 is 33.3 Å². The Morgan fingerprint density at radius 3 is 2.16 bits per heavy atom. The summed E-state index contributed by atoms with van der Waals surface area (Å²) in [5.74, 6) is -0.791. The minimum Gasteiger partial charge on any atom is -0.497 e. The van der Waals surface area contributed by atoms with Crippen molar-refractivity contribution in [2.24, 2.45) is 0 Å². The van der Waals surface area contributed by atoms with E-state index in [4.69, 9.17) is 18.9 Å². The number of ether oxygens (including phenoxy) is 4. The lowest BCUT2D eigenvalue weighted by atomic mass is 10.1. The molecule has 0 saturated heterocycles. The largest absolute Gasteiger partial charge is 0.497 e. The van der Waals surface area contributed by atoms with Crippen LogP contribution in [0.5, 0.6) is 17.2 Å². The van der Waals surface area contributed by atoms with Crippen molar-refractivity contribution in [2.75, 3.05) is 26.1 Å². The van der Waals surface area contributed by atoms with Gasteiger partial charge < -0.3 is 24.3 Å². The number of carbonyl (C=O) groups excluding carboxylic acids is 3. The summed E-state index contributed by atoms with van der Waals surface area (Å²) in [6.45, 7) is 1.96. The molecule has 0 atom stereocenters. The first kappa shape index (κ1) is 28.0. The first-order valence-corrected chi connectivity index (χ1v) is 12.0. The fourth-order valence-electron chi connectivity index (χ4n) is 3.22. The van der Waals surface area contributed by atoms with Crippen LogP contribution in [0, 0.1) is 11.3 Å². The van der Waals surface area contributed by atoms with Crippen LogP contribution in [0.3, 0.4) is 0 Å². The molecule has 0 bridgehead atoms. The summed E-state index contributed by atoms with van der Waals surface area (Å²) in [5, 5.41) is 12.2. The molecule has 38 heavy (non-hydrogen) atoms. The Morgan fingerprint density at radius 2 is 1.58 bits per heavy atom. The summed E-state index contributed by atoms with van der Waals surface area (Å²) in [6, 6.07) is 17.5. The predicted octanol–water partition coefficient (Wildman–Crippen LogP) is 5.41. The van der Waals surface area contributed by atoms with Crippen molar-refractivity contribution in [1.29, 1.82) is 5.26 Å². The number of hydrogen-bond donors (Lipinski definition) is 1. The van der Waals surface area contributed by atoms with E-state index in [-0.39, 0.29) is 23.7 Å². The molecule has 0 aliphatic rings. The molecule has 1 N–H and O–H groups in total. The van der Waals surface area contributed by atoms with Crippen LogP contribution in [0.15, 0.2) is 70.7 Å². The van der Waals surface area contributed by atoms with Gasteiger partial charge in [-0.1, -0.05) is 0 Å². The van der Waals surface area contributed by atoms with Crippen LogP contribution < -0.4 is 19.5 Å². The van der Waals surface area contributed by atoms with E-state index in [1.54, 1.807) is 37.3 Å². The van der Waals surface area contributed by atoms with Crippen LogP contribution in [-0.2, 0) is 9.53 Å². The fraction of sp³-hybridized carbons (Fsp3) is 0.143. The zero-order valence-electron chi connectivity index (χ0n) is 20.7. The van der Waals surface area contributed by atoms with E-state index in [1.165, 1.54) is 50.6 Å². The molecule has 9 nitrogen and oxygen atoms in total. The third-order valence-electron chi connectivity index (χ3n) is 5.10. The molecule has 3 aromatic carbocycles. The number of nitriles is 1. The van der Waals surface area contributed by atoms with Gasteiger partial charge in [0.2, 0.25) is 0 Å². The van der Waals surface area contributed by atoms with Gasteiger partial charge in [-0.25, -0.2) is 9.59 Å². The van der Waals surface area contributed by atoms with Gasteiger partial charge in [-0.15, -0.1) is 0 Å². The Bertz CT molecular complexity index is 1410. The maximum absolute atomic E-state index is 12.7. The predicted molar refractivity (Wildman–Crippen MR) is 143 cm³/mol. The van der Waals surface area contributed by atoms with Gasteiger partial charge in [-0.3, -0.25) is 4.79 Å². The van der Waals surface area contributed by atoms with E-state index >= 15 is 0 Å². The molecule has 0 aliphatic carbocycles. The van der Waals surface area contributed by atoms with Crippen LogP contribution in [0.25, 0.3) is 6.08 Å². The average Bonchev–Trinajstić information content (AvgIpc) is 2.93. The van der Waals surface area contributed by atoms with E-state index < -0.39 is 17.8 Å². The van der Waals surface area contributed by atoms with Crippen molar-refractivity contribution in [3.63, 3.8) is 0 Å². The van der Waals surface area contributed by atoms with Crippen LogP contribution in [0.1, 0.15) is 33.2 Å². The Balaban J connectivity index is 1.79. The molecule has 0 spiro atoms. The van der Waals surface area contributed by atoms with Gasteiger partial charge in [-0.2, -0.15) is 5.26 Å². The lowest BCUT2D eigenvalue weighted by Gasteiger charge is -2.13. The minimum absolute atomic E-state index is 0.134. The smallest absolute Gasteiger partial charge is 0.343 e. The topological polar surface area (TPSA) is 124 Å². The molecule has 0 fully saturated rings. The molecular weight excluding hydrogens is 556 g/mol. The number of benzene rings is 3. The second kappa shape index (κ2) is 13.1. The van der Waals surface area contributed by atoms with Crippen molar-refractivity contribution in [3.05, 3.63) is 87.4 Å². The Labute approximate surface area is 227 Å². The summed E-state index contributed by atoms with van der Waals surface area (Å²) >= 11 is 3.37. The maximum atomic E-state index is 12.7. The van der Waals surface area contributed by atoms with Crippen molar-refractivity contribution in [3.8, 4) is 23.3 Å². The second-order valence-electron chi connectivity index (χ2n) is 7.57. The number of nitrogens with zero attached hydrogens (tertiary/aromatic N) is 1. The van der Waals surface area contributed by atoms with Gasteiger partial charge in [0.25, 0.3) is 5.91 Å². The Hall–Kier alpha value is -4.62. The van der Waals surface area contributed by atoms with E-state index in [0.717, 1.165) is 0 Å². The summed E-state index contributed by atoms with van der Waals surface area (Å²) in [7, 11) is 2.93. The number of methoxy groups -OCH3 is 2. The molecule has 0 saturated carbocycles. The van der Waals surface area contributed by atoms with Gasteiger partial charge in [0.1, 0.15) is 17.4 Å². The Kier molecular flexibility index (Phi) is 9.62. The van der Waals surface area contributed by atoms with Crippen LogP contribution in [0.4, 0.5) is 5.69 Å². The molecule has 3 rings (SSSR count). The quantitative estimate of drug-likeness (QED) is 0.155. The van der Waals surface area contributed by atoms with Crippen molar-refractivity contribution >= 4 is 45.5 Å². The van der Waals surface area contributed by atoms with E-state index in [0.29, 0.717) is 32.6 Å². The van der Waals surface area contributed by atoms with Crippen LogP contribution in [-0.4, -0.2) is 38.7 Å². The average molecular weight is 579 g/mol. The van der Waals surface area contributed by atoms with Gasteiger partial charge in [0.05, 0.1) is 36.4 Å². The highest BCUT2D eigenvalue weighted by molar-refractivity contribution is 9.10. The number of esters is 2. The highest BCUT2D eigenvalue weighted by Gasteiger charge is 2.18. The monoisotopic (exact) mass is 578 g/mol. The lowest BCUT2D eigenvalue weighted by Crippen LogP contribution is -2.14. The number of halogens is 1. The van der Waals surface area contributed by atoms with E-state index in [2.05, 4.69) is 21.2 Å². The lowest BCUT2D eigenvalue weighted by molar-refractivity contribution is -0.112. The van der Waals surface area contributed by atoms with Crippen LogP contribution >= 0.6 is 15.9 Å². The standard InChI is InChI=1S/C28H23BrN2O7/c1-4-37-27(33)18-5-9-21(10-6-18)31-26(32)20(16-30)13-17-14-23(29)25(24(15-17)36-3)38-28(34)19-7-11-22(35-2)12-8-19/h5-15H,4H2,1-3H3,(H,31,32)/b20-13+. The summed E-state index contributed by atoms with van der Waals surface area (Å²) in [5.41, 5.74) is 1.30. The molecule has 194 valence electrons. The fourth-order valence-corrected chi connectivity index (χ4v) is 3.76.